The fourth-order valence-corrected chi connectivity index (χ4v) is 3.22. The molecule has 6 heteroatoms. The van der Waals surface area contributed by atoms with Gasteiger partial charge in [0.05, 0.1) is 0 Å². The molecule has 108 valence electrons. The fraction of sp³-hybridized carbons (Fsp3) is 0.200. The molecular formula is C15H15FN4S. The van der Waals surface area contributed by atoms with Gasteiger partial charge in [-0.05, 0) is 38.1 Å². The van der Waals surface area contributed by atoms with E-state index in [1.807, 2.05) is 33.0 Å². The van der Waals surface area contributed by atoms with Gasteiger partial charge in [-0.2, -0.15) is 0 Å². The summed E-state index contributed by atoms with van der Waals surface area (Å²) >= 11 is 1.46. The maximum absolute atomic E-state index is 13.4. The molecule has 0 aliphatic rings. The summed E-state index contributed by atoms with van der Waals surface area (Å²) in [6, 6.07) is 8.50. The number of nitrogens with one attached hydrogen (secondary N) is 1. The summed E-state index contributed by atoms with van der Waals surface area (Å²) in [6.07, 6.45) is 0. The van der Waals surface area contributed by atoms with Crippen LogP contribution in [0.25, 0.3) is 5.65 Å². The number of hydrogen-bond donors (Lipinski definition) is 1. The molecule has 0 aliphatic heterocycles. The van der Waals surface area contributed by atoms with Gasteiger partial charge in [0.2, 0.25) is 0 Å². The van der Waals surface area contributed by atoms with E-state index in [-0.39, 0.29) is 5.82 Å². The Balaban J connectivity index is 2.16. The minimum atomic E-state index is -0.247. The van der Waals surface area contributed by atoms with Crippen molar-refractivity contribution in [3.8, 4) is 0 Å². The van der Waals surface area contributed by atoms with Gasteiger partial charge in [-0.25, -0.2) is 13.9 Å². The van der Waals surface area contributed by atoms with Crippen LogP contribution in [0.1, 0.15) is 11.4 Å². The monoisotopic (exact) mass is 302 g/mol. The highest BCUT2D eigenvalue weighted by Gasteiger charge is 2.16. The second-order valence-electron chi connectivity index (χ2n) is 4.76. The molecule has 2 heterocycles. The number of nitrogens with zero attached hydrogens (tertiary/aromatic N) is 3. The molecule has 3 rings (SSSR count). The number of benzene rings is 1. The third-order valence-corrected chi connectivity index (χ3v) is 4.18. The summed E-state index contributed by atoms with van der Waals surface area (Å²) < 4.78 is 15.2. The molecule has 1 aromatic carbocycles. The molecule has 1 N–H and O–H groups in total. The van der Waals surface area contributed by atoms with E-state index in [0.29, 0.717) is 0 Å². The quantitative estimate of drug-likeness (QED) is 0.801. The Kier molecular flexibility index (Phi) is 3.55. The topological polar surface area (TPSA) is 42.2 Å². The van der Waals surface area contributed by atoms with Crippen molar-refractivity contribution >= 4 is 23.2 Å². The van der Waals surface area contributed by atoms with Crippen molar-refractivity contribution in [2.75, 3.05) is 12.4 Å². The molecule has 3 aromatic rings. The number of anilines is 1. The highest BCUT2D eigenvalue weighted by Crippen LogP contribution is 2.36. The van der Waals surface area contributed by atoms with Crippen LogP contribution in [0.5, 0.6) is 0 Å². The van der Waals surface area contributed by atoms with E-state index in [1.54, 1.807) is 10.6 Å². The van der Waals surface area contributed by atoms with Gasteiger partial charge in [0.15, 0.2) is 11.5 Å². The Morgan fingerprint density at radius 2 is 2.05 bits per heavy atom. The van der Waals surface area contributed by atoms with Crippen LogP contribution in [0.4, 0.5) is 10.2 Å². The van der Waals surface area contributed by atoms with Gasteiger partial charge < -0.3 is 5.32 Å². The Hall–Kier alpha value is -2.08. The van der Waals surface area contributed by atoms with Crippen molar-refractivity contribution in [1.82, 2.24) is 14.6 Å². The minimum Gasteiger partial charge on any atom is -0.371 e. The van der Waals surface area contributed by atoms with Crippen LogP contribution in [0.3, 0.4) is 0 Å². The average Bonchev–Trinajstić information content (AvgIpc) is 2.77. The highest BCUT2D eigenvalue weighted by atomic mass is 32.2. The van der Waals surface area contributed by atoms with Crippen LogP contribution < -0.4 is 5.32 Å². The van der Waals surface area contributed by atoms with Gasteiger partial charge >= 0.3 is 0 Å². The van der Waals surface area contributed by atoms with Gasteiger partial charge in [-0.15, -0.1) is 5.10 Å². The minimum absolute atomic E-state index is 0.247. The summed E-state index contributed by atoms with van der Waals surface area (Å²) in [7, 11) is 1.82. The van der Waals surface area contributed by atoms with Gasteiger partial charge in [-0.3, -0.25) is 0 Å². The van der Waals surface area contributed by atoms with Crippen molar-refractivity contribution < 1.29 is 4.39 Å². The largest absolute Gasteiger partial charge is 0.371 e. The maximum Gasteiger partial charge on any atom is 0.171 e. The predicted molar refractivity (Wildman–Crippen MR) is 82.5 cm³/mol. The Morgan fingerprint density at radius 3 is 2.76 bits per heavy atom. The second-order valence-corrected chi connectivity index (χ2v) is 5.85. The number of aromatic nitrogens is 3. The number of hydrogen-bond acceptors (Lipinski definition) is 4. The number of aryl methyl sites for hydroxylation is 2. The van der Waals surface area contributed by atoms with Crippen LogP contribution in [0.15, 0.2) is 40.1 Å². The average molecular weight is 302 g/mol. The zero-order valence-electron chi connectivity index (χ0n) is 12.0. The molecule has 0 saturated heterocycles. The lowest BCUT2D eigenvalue weighted by Gasteiger charge is -2.03. The zero-order valence-corrected chi connectivity index (χ0v) is 12.8. The number of fused-ring (bicyclic) bond motifs is 1. The summed E-state index contributed by atoms with van der Waals surface area (Å²) in [5, 5.41) is 7.60. The lowest BCUT2D eigenvalue weighted by molar-refractivity contribution is 0.624. The molecule has 4 nitrogen and oxygen atoms in total. The van der Waals surface area contributed by atoms with Crippen LogP contribution in [0.2, 0.25) is 0 Å². The normalized spacial score (nSPS) is 11.0. The lowest BCUT2D eigenvalue weighted by atomic mass is 10.3. The molecule has 0 aliphatic carbocycles. The first-order valence-electron chi connectivity index (χ1n) is 6.56. The Labute approximate surface area is 126 Å². The standard InChI is InChI=1S/C15H15FN4S/c1-9-7-10(2)20-15(18-9)13(14(17-3)19-20)21-12-6-4-5-11(16)8-12/h4-8H,1-3H3,(H,17,19). The van der Waals surface area contributed by atoms with Crippen molar-refractivity contribution in [3.63, 3.8) is 0 Å². The molecule has 0 amide bonds. The first-order valence-corrected chi connectivity index (χ1v) is 7.38. The summed E-state index contributed by atoms with van der Waals surface area (Å²) in [6.45, 7) is 3.94. The SMILES string of the molecule is CNc1nn2c(C)cc(C)nc2c1Sc1cccc(F)c1. The molecule has 0 unspecified atom stereocenters. The summed E-state index contributed by atoms with van der Waals surface area (Å²) in [5.74, 6) is 0.494. The molecule has 2 aromatic heterocycles. The van der Waals surface area contributed by atoms with Gasteiger partial charge in [0.1, 0.15) is 10.7 Å². The lowest BCUT2D eigenvalue weighted by Crippen LogP contribution is -1.97. The van der Waals surface area contributed by atoms with E-state index in [1.165, 1.54) is 23.9 Å². The zero-order chi connectivity index (χ0) is 15.0. The van der Waals surface area contributed by atoms with Crippen LogP contribution in [-0.4, -0.2) is 21.6 Å². The van der Waals surface area contributed by atoms with Crippen molar-refractivity contribution in [3.05, 3.63) is 47.5 Å². The van der Waals surface area contributed by atoms with Gasteiger partial charge in [0.25, 0.3) is 0 Å². The molecule has 0 bridgehead atoms. The molecule has 0 spiro atoms. The summed E-state index contributed by atoms with van der Waals surface area (Å²) in [4.78, 5) is 6.29. The molecule has 21 heavy (non-hydrogen) atoms. The number of halogens is 1. The van der Waals surface area contributed by atoms with Crippen LogP contribution in [0, 0.1) is 19.7 Å². The summed E-state index contributed by atoms with van der Waals surface area (Å²) in [5.41, 5.74) is 2.73. The van der Waals surface area contributed by atoms with Crippen LogP contribution >= 0.6 is 11.8 Å². The first-order chi connectivity index (χ1) is 10.1. The molecular weight excluding hydrogens is 287 g/mol. The van der Waals surface area contributed by atoms with Gasteiger partial charge in [-0.1, -0.05) is 17.8 Å². The highest BCUT2D eigenvalue weighted by molar-refractivity contribution is 7.99. The van der Waals surface area contributed by atoms with Crippen molar-refractivity contribution in [2.45, 2.75) is 23.6 Å². The first kappa shape index (κ1) is 13.9. The van der Waals surface area contributed by atoms with Crippen molar-refractivity contribution in [2.24, 2.45) is 0 Å². The second kappa shape index (κ2) is 5.37. The predicted octanol–water partition coefficient (Wildman–Crippen LogP) is 3.68. The Morgan fingerprint density at radius 1 is 1.24 bits per heavy atom. The van der Waals surface area contributed by atoms with E-state index >= 15 is 0 Å². The van der Waals surface area contributed by atoms with E-state index in [0.717, 1.165) is 32.6 Å². The molecule has 0 fully saturated rings. The number of rotatable bonds is 3. The fourth-order valence-electron chi connectivity index (χ4n) is 2.21. The van der Waals surface area contributed by atoms with Crippen molar-refractivity contribution in [1.29, 1.82) is 0 Å². The van der Waals surface area contributed by atoms with Gasteiger partial charge in [0, 0.05) is 23.3 Å². The van der Waals surface area contributed by atoms with E-state index in [4.69, 9.17) is 0 Å². The molecule has 0 saturated carbocycles. The Bertz CT molecular complexity index is 813. The van der Waals surface area contributed by atoms with E-state index < -0.39 is 0 Å². The third kappa shape index (κ3) is 2.58. The maximum atomic E-state index is 13.4. The molecule has 0 radical (unpaired) electrons. The molecule has 0 atom stereocenters. The van der Waals surface area contributed by atoms with E-state index in [2.05, 4.69) is 15.4 Å². The van der Waals surface area contributed by atoms with Crippen LogP contribution in [-0.2, 0) is 0 Å². The smallest absolute Gasteiger partial charge is 0.171 e. The third-order valence-electron chi connectivity index (χ3n) is 3.11. The van der Waals surface area contributed by atoms with E-state index in [9.17, 15) is 4.39 Å².